The van der Waals surface area contributed by atoms with E-state index in [1.54, 1.807) is 12.1 Å². The molecule has 2 rings (SSSR count). The topological polar surface area (TPSA) is 29.0 Å². The SMILES string of the molecule is CC(C)c1nc(Br)cc(N(C)Cc2ccccc2F)n1. The lowest BCUT2D eigenvalue weighted by molar-refractivity contribution is 0.607. The van der Waals surface area contributed by atoms with Crippen LogP contribution < -0.4 is 4.90 Å². The zero-order valence-corrected chi connectivity index (χ0v) is 13.4. The van der Waals surface area contributed by atoms with E-state index in [0.29, 0.717) is 12.1 Å². The van der Waals surface area contributed by atoms with Gasteiger partial charge < -0.3 is 4.90 Å². The van der Waals surface area contributed by atoms with Crippen molar-refractivity contribution in [2.75, 3.05) is 11.9 Å². The molecule has 3 nitrogen and oxygen atoms in total. The first-order chi connectivity index (χ1) is 9.47. The van der Waals surface area contributed by atoms with Crippen LogP contribution in [0.3, 0.4) is 0 Å². The van der Waals surface area contributed by atoms with Gasteiger partial charge in [-0.05, 0) is 22.0 Å². The van der Waals surface area contributed by atoms with Crippen molar-refractivity contribution in [1.82, 2.24) is 9.97 Å². The quantitative estimate of drug-likeness (QED) is 0.785. The predicted octanol–water partition coefficient (Wildman–Crippen LogP) is 4.14. The highest BCUT2D eigenvalue weighted by Gasteiger charge is 2.11. The summed E-state index contributed by atoms with van der Waals surface area (Å²) in [5, 5.41) is 0. The molecule has 0 fully saturated rings. The molecule has 2 aromatic rings. The molecule has 0 spiro atoms. The summed E-state index contributed by atoms with van der Waals surface area (Å²) in [6.45, 7) is 4.55. The van der Waals surface area contributed by atoms with Crippen molar-refractivity contribution < 1.29 is 4.39 Å². The molecule has 0 aliphatic heterocycles. The standard InChI is InChI=1S/C15H17BrFN3/c1-10(2)15-18-13(16)8-14(19-15)20(3)9-11-6-4-5-7-12(11)17/h4-8,10H,9H2,1-3H3. The van der Waals surface area contributed by atoms with E-state index in [4.69, 9.17) is 0 Å². The largest absolute Gasteiger partial charge is 0.355 e. The summed E-state index contributed by atoms with van der Waals surface area (Å²) in [6, 6.07) is 8.62. The van der Waals surface area contributed by atoms with E-state index >= 15 is 0 Å². The Labute approximate surface area is 127 Å². The molecular weight excluding hydrogens is 321 g/mol. The van der Waals surface area contributed by atoms with Crippen molar-refractivity contribution in [1.29, 1.82) is 0 Å². The van der Waals surface area contributed by atoms with E-state index in [0.717, 1.165) is 16.2 Å². The van der Waals surface area contributed by atoms with Crippen LogP contribution in [0.2, 0.25) is 0 Å². The molecule has 0 radical (unpaired) electrons. The van der Waals surface area contributed by atoms with Crippen molar-refractivity contribution in [3.63, 3.8) is 0 Å². The van der Waals surface area contributed by atoms with Gasteiger partial charge in [0, 0.05) is 31.1 Å². The summed E-state index contributed by atoms with van der Waals surface area (Å²) in [5.74, 6) is 1.60. The highest BCUT2D eigenvalue weighted by molar-refractivity contribution is 9.10. The molecule has 0 saturated carbocycles. The molecule has 0 amide bonds. The van der Waals surface area contributed by atoms with Gasteiger partial charge in [-0.25, -0.2) is 14.4 Å². The van der Waals surface area contributed by atoms with Crippen LogP contribution in [0.1, 0.15) is 31.2 Å². The first kappa shape index (κ1) is 14.9. The maximum Gasteiger partial charge on any atom is 0.134 e. The Morgan fingerprint density at radius 3 is 2.60 bits per heavy atom. The highest BCUT2D eigenvalue weighted by Crippen LogP contribution is 2.21. The monoisotopic (exact) mass is 337 g/mol. The number of hydrogen-bond acceptors (Lipinski definition) is 3. The third kappa shape index (κ3) is 3.54. The zero-order chi connectivity index (χ0) is 14.7. The normalized spacial score (nSPS) is 10.9. The van der Waals surface area contributed by atoms with Gasteiger partial charge in [0.25, 0.3) is 0 Å². The molecule has 5 heteroatoms. The lowest BCUT2D eigenvalue weighted by atomic mass is 10.2. The number of hydrogen-bond donors (Lipinski definition) is 0. The number of benzene rings is 1. The van der Waals surface area contributed by atoms with Crippen LogP contribution in [-0.2, 0) is 6.54 Å². The first-order valence-electron chi connectivity index (χ1n) is 6.46. The van der Waals surface area contributed by atoms with Crippen molar-refractivity contribution in [3.8, 4) is 0 Å². The summed E-state index contributed by atoms with van der Waals surface area (Å²) >= 11 is 3.40. The number of halogens is 2. The minimum atomic E-state index is -0.198. The van der Waals surface area contributed by atoms with Gasteiger partial charge in [0.1, 0.15) is 22.1 Å². The van der Waals surface area contributed by atoms with Crippen molar-refractivity contribution in [3.05, 3.63) is 52.1 Å². The van der Waals surface area contributed by atoms with Crippen molar-refractivity contribution in [2.24, 2.45) is 0 Å². The Bertz CT molecular complexity index is 601. The van der Waals surface area contributed by atoms with Crippen LogP contribution in [-0.4, -0.2) is 17.0 Å². The van der Waals surface area contributed by atoms with Gasteiger partial charge in [0.15, 0.2) is 0 Å². The molecule has 1 aromatic heterocycles. The summed E-state index contributed by atoms with van der Waals surface area (Å²) in [4.78, 5) is 10.8. The van der Waals surface area contributed by atoms with E-state index in [1.807, 2.05) is 37.9 Å². The Balaban J connectivity index is 2.25. The van der Waals surface area contributed by atoms with Crippen LogP contribution >= 0.6 is 15.9 Å². The molecule has 0 saturated heterocycles. The molecule has 20 heavy (non-hydrogen) atoms. The van der Waals surface area contributed by atoms with Gasteiger partial charge >= 0.3 is 0 Å². The fraction of sp³-hybridized carbons (Fsp3) is 0.333. The molecule has 106 valence electrons. The van der Waals surface area contributed by atoms with Crippen LogP contribution in [0.25, 0.3) is 0 Å². The Morgan fingerprint density at radius 2 is 1.95 bits per heavy atom. The molecular formula is C15H17BrFN3. The molecule has 0 bridgehead atoms. The molecule has 0 N–H and O–H groups in total. The molecule has 1 aromatic carbocycles. The van der Waals surface area contributed by atoms with Gasteiger partial charge in [-0.2, -0.15) is 0 Å². The Hall–Kier alpha value is -1.49. The van der Waals surface area contributed by atoms with Gasteiger partial charge in [0.05, 0.1) is 0 Å². The van der Waals surface area contributed by atoms with E-state index in [9.17, 15) is 4.39 Å². The minimum Gasteiger partial charge on any atom is -0.355 e. The van der Waals surface area contributed by atoms with E-state index in [2.05, 4.69) is 25.9 Å². The summed E-state index contributed by atoms with van der Waals surface area (Å²) in [7, 11) is 1.89. The average Bonchev–Trinajstić information content (AvgIpc) is 2.40. The number of anilines is 1. The fourth-order valence-corrected chi connectivity index (χ4v) is 2.23. The lowest BCUT2D eigenvalue weighted by Crippen LogP contribution is -2.19. The van der Waals surface area contributed by atoms with E-state index < -0.39 is 0 Å². The minimum absolute atomic E-state index is 0.198. The van der Waals surface area contributed by atoms with Crippen molar-refractivity contribution >= 4 is 21.7 Å². The second-order valence-corrected chi connectivity index (χ2v) is 5.82. The van der Waals surface area contributed by atoms with E-state index in [1.165, 1.54) is 6.07 Å². The molecule has 1 heterocycles. The predicted molar refractivity (Wildman–Crippen MR) is 82.3 cm³/mol. The second kappa shape index (κ2) is 6.31. The first-order valence-corrected chi connectivity index (χ1v) is 7.25. The van der Waals surface area contributed by atoms with Crippen molar-refractivity contribution in [2.45, 2.75) is 26.3 Å². The maximum absolute atomic E-state index is 13.7. The van der Waals surface area contributed by atoms with Gasteiger partial charge in [-0.3, -0.25) is 0 Å². The van der Waals surface area contributed by atoms with Crippen LogP contribution in [0, 0.1) is 5.82 Å². The van der Waals surface area contributed by atoms with E-state index in [-0.39, 0.29) is 11.7 Å². The number of aromatic nitrogens is 2. The molecule has 0 aliphatic carbocycles. The smallest absolute Gasteiger partial charge is 0.134 e. The second-order valence-electron chi connectivity index (χ2n) is 5.01. The van der Waals surface area contributed by atoms with Gasteiger partial charge in [-0.15, -0.1) is 0 Å². The number of nitrogens with zero attached hydrogens (tertiary/aromatic N) is 3. The third-order valence-electron chi connectivity index (χ3n) is 2.97. The fourth-order valence-electron chi connectivity index (χ4n) is 1.84. The zero-order valence-electron chi connectivity index (χ0n) is 11.8. The third-order valence-corrected chi connectivity index (χ3v) is 3.38. The van der Waals surface area contributed by atoms with Crippen LogP contribution in [0.5, 0.6) is 0 Å². The van der Waals surface area contributed by atoms with Gasteiger partial charge in [0.2, 0.25) is 0 Å². The average molecular weight is 338 g/mol. The Morgan fingerprint density at radius 1 is 1.25 bits per heavy atom. The summed E-state index contributed by atoms with van der Waals surface area (Å²) in [5.41, 5.74) is 0.649. The summed E-state index contributed by atoms with van der Waals surface area (Å²) in [6.07, 6.45) is 0. The molecule has 0 aliphatic rings. The number of rotatable bonds is 4. The van der Waals surface area contributed by atoms with Gasteiger partial charge in [-0.1, -0.05) is 32.0 Å². The van der Waals surface area contributed by atoms with Crippen LogP contribution in [0.15, 0.2) is 34.9 Å². The maximum atomic E-state index is 13.7. The van der Waals surface area contributed by atoms with Crippen LogP contribution in [0.4, 0.5) is 10.2 Å². The summed E-state index contributed by atoms with van der Waals surface area (Å²) < 4.78 is 14.4. The molecule has 0 unspecified atom stereocenters. The Kier molecular flexibility index (Phi) is 4.70. The lowest BCUT2D eigenvalue weighted by Gasteiger charge is -2.20. The molecule has 0 atom stereocenters. The highest BCUT2D eigenvalue weighted by atomic mass is 79.9.